The van der Waals surface area contributed by atoms with Crippen LogP contribution in [0.3, 0.4) is 0 Å². The number of aryl methyl sites for hydroxylation is 1. The fourth-order valence-corrected chi connectivity index (χ4v) is 1.97. The summed E-state index contributed by atoms with van der Waals surface area (Å²) in [5.74, 6) is 1.60. The minimum atomic E-state index is -0.279. The fourth-order valence-electron chi connectivity index (χ4n) is 1.97. The predicted octanol–water partition coefficient (Wildman–Crippen LogP) is 1.89. The number of nitrogens with zero attached hydrogens (tertiary/aromatic N) is 2. The number of aromatic nitrogens is 2. The molecule has 0 atom stereocenters. The van der Waals surface area contributed by atoms with Gasteiger partial charge in [0.1, 0.15) is 11.6 Å². The van der Waals surface area contributed by atoms with Crippen LogP contribution in [-0.4, -0.2) is 17.1 Å². The van der Waals surface area contributed by atoms with Gasteiger partial charge in [0, 0.05) is 11.1 Å². The van der Waals surface area contributed by atoms with Crippen molar-refractivity contribution >= 4 is 10.9 Å². The maximum Gasteiger partial charge on any atom is 0.149 e. The first kappa shape index (κ1) is 10.5. The number of fused-ring (bicyclic) bond motifs is 1. The van der Waals surface area contributed by atoms with Crippen LogP contribution in [0.25, 0.3) is 10.9 Å². The Bertz CT molecular complexity index is 590. The third-order valence-corrected chi connectivity index (χ3v) is 3.33. The van der Waals surface area contributed by atoms with E-state index >= 15 is 0 Å². The Balaban J connectivity index is 2.20. The molecule has 2 aromatic rings. The molecule has 2 N–H and O–H groups in total. The van der Waals surface area contributed by atoms with Crippen LogP contribution in [-0.2, 0) is 5.54 Å². The molecule has 1 fully saturated rings. The molecular weight excluding hydrogens is 214 g/mol. The normalized spacial score (nSPS) is 17.1. The summed E-state index contributed by atoms with van der Waals surface area (Å²) < 4.78 is 5.21. The highest BCUT2D eigenvalue weighted by Crippen LogP contribution is 2.41. The zero-order valence-electron chi connectivity index (χ0n) is 10.0. The van der Waals surface area contributed by atoms with Crippen molar-refractivity contribution in [1.82, 2.24) is 9.97 Å². The van der Waals surface area contributed by atoms with Crippen molar-refractivity contribution in [3.05, 3.63) is 29.7 Å². The Labute approximate surface area is 99.8 Å². The van der Waals surface area contributed by atoms with Crippen LogP contribution in [0, 0.1) is 6.92 Å². The van der Waals surface area contributed by atoms with Gasteiger partial charge in [-0.25, -0.2) is 9.97 Å². The van der Waals surface area contributed by atoms with Gasteiger partial charge in [0.25, 0.3) is 0 Å². The van der Waals surface area contributed by atoms with Crippen LogP contribution in [0.5, 0.6) is 5.75 Å². The number of rotatable bonds is 2. The second-order valence-corrected chi connectivity index (χ2v) is 4.67. The number of methoxy groups -OCH3 is 1. The van der Waals surface area contributed by atoms with Crippen LogP contribution in [0.1, 0.15) is 24.4 Å². The number of hydrogen-bond acceptors (Lipinski definition) is 4. The Kier molecular flexibility index (Phi) is 2.10. The van der Waals surface area contributed by atoms with Gasteiger partial charge in [-0.1, -0.05) is 0 Å². The average Bonchev–Trinajstić information content (AvgIpc) is 3.08. The van der Waals surface area contributed by atoms with Crippen molar-refractivity contribution in [2.24, 2.45) is 5.73 Å². The van der Waals surface area contributed by atoms with Crippen molar-refractivity contribution in [2.45, 2.75) is 25.3 Å². The van der Waals surface area contributed by atoms with Gasteiger partial charge in [0.15, 0.2) is 0 Å². The third kappa shape index (κ3) is 1.65. The van der Waals surface area contributed by atoms with Crippen LogP contribution in [0.15, 0.2) is 18.2 Å². The first-order valence-electron chi connectivity index (χ1n) is 5.74. The first-order chi connectivity index (χ1) is 8.12. The molecule has 17 heavy (non-hydrogen) atoms. The molecule has 0 unspecified atom stereocenters. The molecule has 1 aliphatic rings. The molecule has 1 aromatic heterocycles. The minimum Gasteiger partial charge on any atom is -0.497 e. The molecule has 3 rings (SSSR count). The van der Waals surface area contributed by atoms with Gasteiger partial charge in [-0.2, -0.15) is 0 Å². The van der Waals surface area contributed by atoms with Crippen LogP contribution in [0.2, 0.25) is 0 Å². The highest BCUT2D eigenvalue weighted by molar-refractivity contribution is 5.82. The van der Waals surface area contributed by atoms with E-state index in [-0.39, 0.29) is 5.54 Å². The van der Waals surface area contributed by atoms with E-state index in [2.05, 4.69) is 9.97 Å². The maximum absolute atomic E-state index is 6.13. The van der Waals surface area contributed by atoms with Crippen molar-refractivity contribution < 1.29 is 4.74 Å². The first-order valence-corrected chi connectivity index (χ1v) is 5.74. The molecule has 0 aliphatic heterocycles. The lowest BCUT2D eigenvalue weighted by Crippen LogP contribution is -2.22. The Hall–Kier alpha value is -1.68. The van der Waals surface area contributed by atoms with Crippen LogP contribution in [0.4, 0.5) is 0 Å². The predicted molar refractivity (Wildman–Crippen MR) is 65.9 cm³/mol. The zero-order valence-corrected chi connectivity index (χ0v) is 10.0. The summed E-state index contributed by atoms with van der Waals surface area (Å²) in [7, 11) is 1.66. The van der Waals surface area contributed by atoms with E-state index in [1.165, 1.54) is 0 Å². The summed E-state index contributed by atoms with van der Waals surface area (Å²) in [5.41, 5.74) is 7.75. The van der Waals surface area contributed by atoms with E-state index in [4.69, 9.17) is 10.5 Å². The summed E-state index contributed by atoms with van der Waals surface area (Å²) in [4.78, 5) is 9.07. The minimum absolute atomic E-state index is 0.279. The second kappa shape index (κ2) is 3.40. The summed E-state index contributed by atoms with van der Waals surface area (Å²) in [6.45, 7) is 1.98. The standard InChI is InChI=1S/C13H15N3O/c1-8-10-7-9(17-2)3-4-11(10)16-12(15-8)13(14)5-6-13/h3-4,7H,5-6,14H2,1-2H3. The molecule has 88 valence electrons. The average molecular weight is 229 g/mol. The number of ether oxygens (including phenoxy) is 1. The number of hydrogen-bond donors (Lipinski definition) is 1. The molecule has 0 amide bonds. The van der Waals surface area contributed by atoms with Gasteiger partial charge in [-0.3, -0.25) is 0 Å². The van der Waals surface area contributed by atoms with Gasteiger partial charge in [-0.15, -0.1) is 0 Å². The molecule has 1 saturated carbocycles. The highest BCUT2D eigenvalue weighted by atomic mass is 16.5. The molecule has 1 aromatic carbocycles. The molecule has 1 heterocycles. The van der Waals surface area contributed by atoms with E-state index in [0.717, 1.165) is 41.0 Å². The molecule has 0 spiro atoms. The summed E-state index contributed by atoms with van der Waals surface area (Å²) in [6, 6.07) is 5.83. The monoisotopic (exact) mass is 229 g/mol. The van der Waals surface area contributed by atoms with Gasteiger partial charge < -0.3 is 10.5 Å². The van der Waals surface area contributed by atoms with E-state index < -0.39 is 0 Å². The summed E-state index contributed by atoms with van der Waals surface area (Å²) in [6.07, 6.45) is 1.96. The van der Waals surface area contributed by atoms with Crippen molar-refractivity contribution in [3.8, 4) is 5.75 Å². The molecule has 4 nitrogen and oxygen atoms in total. The van der Waals surface area contributed by atoms with Gasteiger partial charge in [-0.05, 0) is 38.0 Å². The van der Waals surface area contributed by atoms with Gasteiger partial charge in [0.05, 0.1) is 18.2 Å². The largest absolute Gasteiger partial charge is 0.497 e. The lowest BCUT2D eigenvalue weighted by molar-refractivity contribution is 0.415. The smallest absolute Gasteiger partial charge is 0.149 e. The Morgan fingerprint density at radius 2 is 2.06 bits per heavy atom. The highest BCUT2D eigenvalue weighted by Gasteiger charge is 2.43. The topological polar surface area (TPSA) is 61.0 Å². The quantitative estimate of drug-likeness (QED) is 0.854. The molecule has 4 heteroatoms. The molecule has 1 aliphatic carbocycles. The Morgan fingerprint density at radius 3 is 2.71 bits per heavy atom. The Morgan fingerprint density at radius 1 is 1.29 bits per heavy atom. The fraction of sp³-hybridized carbons (Fsp3) is 0.385. The van der Waals surface area contributed by atoms with E-state index in [9.17, 15) is 0 Å². The van der Waals surface area contributed by atoms with E-state index in [1.807, 2.05) is 25.1 Å². The van der Waals surface area contributed by atoms with Crippen molar-refractivity contribution in [2.75, 3.05) is 7.11 Å². The van der Waals surface area contributed by atoms with Crippen molar-refractivity contribution in [3.63, 3.8) is 0 Å². The second-order valence-electron chi connectivity index (χ2n) is 4.67. The number of nitrogens with two attached hydrogens (primary N) is 1. The van der Waals surface area contributed by atoms with Gasteiger partial charge >= 0.3 is 0 Å². The molecule has 0 radical (unpaired) electrons. The molecular formula is C13H15N3O. The van der Waals surface area contributed by atoms with E-state index in [0.29, 0.717) is 0 Å². The van der Waals surface area contributed by atoms with E-state index in [1.54, 1.807) is 7.11 Å². The number of benzene rings is 1. The van der Waals surface area contributed by atoms with Crippen LogP contribution < -0.4 is 10.5 Å². The lowest BCUT2D eigenvalue weighted by Gasteiger charge is -2.10. The van der Waals surface area contributed by atoms with Gasteiger partial charge in [0.2, 0.25) is 0 Å². The SMILES string of the molecule is COc1ccc2nc(C3(N)CC3)nc(C)c2c1. The summed E-state index contributed by atoms with van der Waals surface area (Å²) in [5, 5.41) is 1.03. The molecule has 0 saturated heterocycles. The van der Waals surface area contributed by atoms with Crippen LogP contribution >= 0.6 is 0 Å². The van der Waals surface area contributed by atoms with Crippen molar-refractivity contribution in [1.29, 1.82) is 0 Å². The maximum atomic E-state index is 6.13. The summed E-state index contributed by atoms with van der Waals surface area (Å²) >= 11 is 0. The lowest BCUT2D eigenvalue weighted by atomic mass is 10.1. The third-order valence-electron chi connectivity index (χ3n) is 3.33. The zero-order chi connectivity index (χ0) is 12.0. The molecule has 0 bridgehead atoms.